The Balaban J connectivity index is 1.73. The number of non-ortho nitro benzene ring substituents is 1. The van der Waals surface area contributed by atoms with Crippen LogP contribution in [-0.2, 0) is 4.74 Å². The van der Waals surface area contributed by atoms with Gasteiger partial charge in [0, 0.05) is 23.2 Å². The molecule has 31 heavy (non-hydrogen) atoms. The molecule has 0 aromatic heterocycles. The third-order valence-corrected chi connectivity index (χ3v) is 7.12. The normalized spacial score (nSPS) is 22.5. The number of thioether (sulfide) groups is 1. The molecule has 0 unspecified atom stereocenters. The van der Waals surface area contributed by atoms with E-state index in [0.29, 0.717) is 11.4 Å². The minimum Gasteiger partial charge on any atom is -0.371 e. The summed E-state index contributed by atoms with van der Waals surface area (Å²) in [4.78, 5) is 18.7. The van der Waals surface area contributed by atoms with Gasteiger partial charge in [-0.1, -0.05) is 42.8 Å². The predicted octanol–water partition coefficient (Wildman–Crippen LogP) is 6.30. The molecule has 6 nitrogen and oxygen atoms in total. The van der Waals surface area contributed by atoms with E-state index in [0.717, 1.165) is 22.0 Å². The first-order valence-electron chi connectivity index (χ1n) is 11.1. The van der Waals surface area contributed by atoms with Gasteiger partial charge in [0.1, 0.15) is 0 Å². The van der Waals surface area contributed by atoms with E-state index in [1.807, 2.05) is 18.2 Å². The summed E-state index contributed by atoms with van der Waals surface area (Å²) >= 11 is 1.78. The van der Waals surface area contributed by atoms with Crippen molar-refractivity contribution in [3.05, 3.63) is 46.5 Å². The molecule has 1 aliphatic carbocycles. The summed E-state index contributed by atoms with van der Waals surface area (Å²) in [5, 5.41) is 13.9. The molecule has 0 bridgehead atoms. The molecule has 2 fully saturated rings. The van der Waals surface area contributed by atoms with Gasteiger partial charge in [0.2, 0.25) is 0 Å². The molecule has 7 heteroatoms. The van der Waals surface area contributed by atoms with Gasteiger partial charge in [0.05, 0.1) is 33.7 Å². The van der Waals surface area contributed by atoms with Gasteiger partial charge in [0.25, 0.3) is 5.69 Å². The maximum atomic E-state index is 11.5. The average molecular weight is 442 g/mol. The zero-order chi connectivity index (χ0) is 22.2. The Morgan fingerprint density at radius 3 is 2.48 bits per heavy atom. The van der Waals surface area contributed by atoms with Gasteiger partial charge in [-0.2, -0.15) is 0 Å². The quantitative estimate of drug-likeness (QED) is 0.402. The van der Waals surface area contributed by atoms with Crippen molar-refractivity contribution in [2.45, 2.75) is 77.2 Å². The molecule has 1 saturated carbocycles. The zero-order valence-electron chi connectivity index (χ0n) is 18.7. The lowest BCUT2D eigenvalue weighted by atomic mass is 10.1. The summed E-state index contributed by atoms with van der Waals surface area (Å²) in [7, 11) is 0. The van der Waals surface area contributed by atoms with E-state index in [1.54, 1.807) is 30.0 Å². The van der Waals surface area contributed by atoms with Gasteiger partial charge >= 0.3 is 0 Å². The largest absolute Gasteiger partial charge is 0.371 e. The zero-order valence-corrected chi connectivity index (χ0v) is 19.5. The number of ether oxygens (including phenoxy) is 1. The van der Waals surface area contributed by atoms with Crippen molar-refractivity contribution in [1.82, 2.24) is 4.90 Å². The molecule has 0 N–H and O–H groups in total. The van der Waals surface area contributed by atoms with E-state index < -0.39 is 0 Å². The second-order valence-corrected chi connectivity index (χ2v) is 10.4. The molecule has 166 valence electrons. The smallest absolute Gasteiger partial charge is 0.277 e. The van der Waals surface area contributed by atoms with Crippen LogP contribution >= 0.6 is 11.8 Å². The van der Waals surface area contributed by atoms with Crippen molar-refractivity contribution in [2.24, 2.45) is 4.99 Å². The number of nitrogens with zero attached hydrogens (tertiary/aromatic N) is 3. The Labute approximate surface area is 188 Å². The van der Waals surface area contributed by atoms with E-state index in [9.17, 15) is 10.1 Å². The summed E-state index contributed by atoms with van der Waals surface area (Å²) in [5.41, 5.74) is 0.716. The van der Waals surface area contributed by atoms with E-state index in [-0.39, 0.29) is 28.4 Å². The van der Waals surface area contributed by atoms with E-state index in [4.69, 9.17) is 9.73 Å². The van der Waals surface area contributed by atoms with Crippen LogP contribution in [-0.4, -0.2) is 44.5 Å². The first kappa shape index (κ1) is 22.1. The van der Waals surface area contributed by atoms with Gasteiger partial charge in [0.15, 0.2) is 5.17 Å². The highest BCUT2D eigenvalue weighted by atomic mass is 32.2. The lowest BCUT2D eigenvalue weighted by Gasteiger charge is -2.37. The molecule has 0 amide bonds. The van der Waals surface area contributed by atoms with Crippen LogP contribution in [0.5, 0.6) is 0 Å². The Hall–Kier alpha value is -2.12. The average Bonchev–Trinajstić information content (AvgIpc) is 3.36. The summed E-state index contributed by atoms with van der Waals surface area (Å²) in [6, 6.07) is 11.6. The van der Waals surface area contributed by atoms with E-state index >= 15 is 0 Å². The molecule has 1 saturated heterocycles. The fraction of sp³-hybridized carbons (Fsp3) is 0.542. The van der Waals surface area contributed by atoms with Gasteiger partial charge in [-0.3, -0.25) is 10.1 Å². The van der Waals surface area contributed by atoms with Crippen LogP contribution in [0, 0.1) is 10.1 Å². The number of hydrogen-bond donors (Lipinski definition) is 0. The number of amidine groups is 1. The minimum atomic E-state index is -0.323. The van der Waals surface area contributed by atoms with Gasteiger partial charge in [-0.15, -0.1) is 0 Å². The molecule has 4 rings (SSSR count). The minimum absolute atomic E-state index is 0.0920. The van der Waals surface area contributed by atoms with Crippen molar-refractivity contribution in [3.8, 4) is 0 Å². The Morgan fingerprint density at radius 1 is 1.16 bits per heavy atom. The second-order valence-electron chi connectivity index (χ2n) is 9.46. The number of nitro groups is 1. The summed E-state index contributed by atoms with van der Waals surface area (Å²) in [5.74, 6) is 0.942. The van der Waals surface area contributed by atoms with Crippen LogP contribution in [0.2, 0.25) is 0 Å². The predicted molar refractivity (Wildman–Crippen MR) is 128 cm³/mol. The Kier molecular flexibility index (Phi) is 6.26. The first-order chi connectivity index (χ1) is 14.7. The van der Waals surface area contributed by atoms with Crippen LogP contribution in [0.15, 0.2) is 41.4 Å². The molecule has 2 aromatic rings. The molecule has 1 aliphatic heterocycles. The van der Waals surface area contributed by atoms with Gasteiger partial charge in [-0.05, 0) is 52.7 Å². The highest BCUT2D eigenvalue weighted by Crippen LogP contribution is 2.39. The van der Waals surface area contributed by atoms with Crippen molar-refractivity contribution < 1.29 is 9.66 Å². The molecule has 2 aliphatic rings. The molecular formula is C24H31N3O3S. The van der Waals surface area contributed by atoms with Crippen molar-refractivity contribution >= 4 is 39.1 Å². The lowest BCUT2D eigenvalue weighted by molar-refractivity contribution is -0.383. The number of fused-ring (bicyclic) bond motifs is 1. The fourth-order valence-corrected chi connectivity index (χ4v) is 6.13. The number of benzene rings is 2. The third kappa shape index (κ3) is 4.72. The van der Waals surface area contributed by atoms with Crippen LogP contribution < -0.4 is 0 Å². The van der Waals surface area contributed by atoms with Crippen molar-refractivity contribution in [1.29, 1.82) is 0 Å². The first-order valence-corrected chi connectivity index (χ1v) is 12.1. The van der Waals surface area contributed by atoms with Crippen LogP contribution in [0.4, 0.5) is 11.4 Å². The SMILES string of the molecule is C[C@@H](OC(C)(C)C)[C@@H]1CSC(=Nc2ccc([N+](=O)[O-])c3ccccc23)N1C1CCCC1. The van der Waals surface area contributed by atoms with Gasteiger partial charge in [-0.25, -0.2) is 4.99 Å². The monoisotopic (exact) mass is 441 g/mol. The topological polar surface area (TPSA) is 68.0 Å². The van der Waals surface area contributed by atoms with Crippen LogP contribution in [0.1, 0.15) is 53.4 Å². The molecule has 2 atom stereocenters. The highest BCUT2D eigenvalue weighted by molar-refractivity contribution is 8.14. The van der Waals surface area contributed by atoms with Gasteiger partial charge < -0.3 is 9.64 Å². The number of hydrogen-bond acceptors (Lipinski definition) is 5. The highest BCUT2D eigenvalue weighted by Gasteiger charge is 2.40. The maximum absolute atomic E-state index is 11.5. The number of rotatable bonds is 5. The van der Waals surface area contributed by atoms with Crippen LogP contribution in [0.3, 0.4) is 0 Å². The molecular weight excluding hydrogens is 410 g/mol. The van der Waals surface area contributed by atoms with Crippen molar-refractivity contribution in [2.75, 3.05) is 5.75 Å². The molecule has 2 aromatic carbocycles. The van der Waals surface area contributed by atoms with E-state index in [1.165, 1.54) is 25.7 Å². The standard InChI is InChI=1S/C24H31N3O3S/c1-16(30-24(2,3)4)22-15-31-23(26(22)17-9-5-6-10-17)25-20-13-14-21(27(28)29)19-12-8-7-11-18(19)20/h7-8,11-14,16-17,22H,5-6,9-10,15H2,1-4H3/t16-,22+/m1/s1. The second kappa shape index (κ2) is 8.79. The maximum Gasteiger partial charge on any atom is 0.277 e. The van der Waals surface area contributed by atoms with Crippen LogP contribution in [0.25, 0.3) is 10.8 Å². The Morgan fingerprint density at radius 2 is 1.84 bits per heavy atom. The fourth-order valence-electron chi connectivity index (χ4n) is 4.78. The number of nitro benzene ring substituents is 1. The van der Waals surface area contributed by atoms with E-state index in [2.05, 4.69) is 32.6 Å². The van der Waals surface area contributed by atoms with Crippen molar-refractivity contribution in [3.63, 3.8) is 0 Å². The summed E-state index contributed by atoms with van der Waals surface area (Å²) in [6.07, 6.45) is 4.95. The third-order valence-electron chi connectivity index (χ3n) is 6.05. The summed E-state index contributed by atoms with van der Waals surface area (Å²) < 4.78 is 6.34. The molecule has 1 heterocycles. The molecule has 0 radical (unpaired) electrons. The lowest BCUT2D eigenvalue weighted by Crippen LogP contribution is -2.48. The summed E-state index contributed by atoms with van der Waals surface area (Å²) in [6.45, 7) is 8.47. The molecule has 0 spiro atoms. The number of aliphatic imine (C=N–C) groups is 1. The Bertz CT molecular complexity index is 995.